The van der Waals surface area contributed by atoms with Crippen LogP contribution in [0.1, 0.15) is 12.8 Å². The van der Waals surface area contributed by atoms with Crippen molar-refractivity contribution in [2.45, 2.75) is 24.5 Å². The van der Waals surface area contributed by atoms with Crippen molar-refractivity contribution < 1.29 is 14.6 Å². The molecule has 1 aliphatic carbocycles. The van der Waals surface area contributed by atoms with E-state index in [1.165, 1.54) is 7.11 Å². The van der Waals surface area contributed by atoms with Gasteiger partial charge in [0, 0.05) is 26.0 Å². The third-order valence-electron chi connectivity index (χ3n) is 1.96. The van der Waals surface area contributed by atoms with Gasteiger partial charge in [0.05, 0.1) is 0 Å². The molecule has 0 aromatic carbocycles. The maximum absolute atomic E-state index is 10.5. The van der Waals surface area contributed by atoms with Gasteiger partial charge < -0.3 is 15.6 Å². The van der Waals surface area contributed by atoms with Gasteiger partial charge in [-0.15, -0.1) is 0 Å². The molecule has 3 N–H and O–H groups in total. The molecule has 10 heavy (non-hydrogen) atoms. The molecule has 1 fully saturated rings. The first kappa shape index (κ1) is 7.50. The molecule has 1 aliphatic rings. The smallest absolute Gasteiger partial charge is 0.336 e. The monoisotopic (exact) mass is 145 g/mol. The third kappa shape index (κ3) is 0.892. The Morgan fingerprint density at radius 2 is 2.30 bits per heavy atom. The van der Waals surface area contributed by atoms with Gasteiger partial charge in [-0.05, 0) is 0 Å². The molecule has 0 unspecified atom stereocenters. The van der Waals surface area contributed by atoms with Crippen molar-refractivity contribution in [3.63, 3.8) is 0 Å². The van der Waals surface area contributed by atoms with Crippen LogP contribution in [-0.4, -0.2) is 29.8 Å². The number of carboxylic acids is 1. The van der Waals surface area contributed by atoms with Crippen LogP contribution < -0.4 is 5.73 Å². The number of ether oxygens (including phenoxy) is 1. The summed E-state index contributed by atoms with van der Waals surface area (Å²) in [4.78, 5) is 10.5. The minimum Gasteiger partial charge on any atom is -0.479 e. The molecule has 0 spiro atoms. The van der Waals surface area contributed by atoms with E-state index < -0.39 is 11.6 Å². The molecule has 4 heteroatoms. The van der Waals surface area contributed by atoms with Crippen LogP contribution in [-0.2, 0) is 9.53 Å². The van der Waals surface area contributed by atoms with E-state index in [-0.39, 0.29) is 6.04 Å². The standard InChI is InChI=1S/C6H11NO3/c1-10-6(5(8)9)2-4(7)3-6/h4H,2-3,7H2,1H3,(H,8,9). The number of methoxy groups -OCH3 is 1. The van der Waals surface area contributed by atoms with Crippen molar-refractivity contribution in [3.05, 3.63) is 0 Å². The Balaban J connectivity index is 2.56. The van der Waals surface area contributed by atoms with Crippen LogP contribution in [0.25, 0.3) is 0 Å². The highest BCUT2D eigenvalue weighted by Crippen LogP contribution is 2.34. The molecule has 0 aromatic heterocycles. The van der Waals surface area contributed by atoms with Crippen LogP contribution in [0.15, 0.2) is 0 Å². The molecule has 1 saturated carbocycles. The fourth-order valence-electron chi connectivity index (χ4n) is 1.22. The van der Waals surface area contributed by atoms with E-state index in [9.17, 15) is 4.79 Å². The van der Waals surface area contributed by atoms with Crippen molar-refractivity contribution >= 4 is 5.97 Å². The third-order valence-corrected chi connectivity index (χ3v) is 1.96. The van der Waals surface area contributed by atoms with E-state index in [0.29, 0.717) is 12.8 Å². The summed E-state index contributed by atoms with van der Waals surface area (Å²) in [5.74, 6) is -0.906. The quantitative estimate of drug-likeness (QED) is 0.553. The van der Waals surface area contributed by atoms with E-state index in [4.69, 9.17) is 15.6 Å². The summed E-state index contributed by atoms with van der Waals surface area (Å²) in [5, 5.41) is 8.62. The van der Waals surface area contributed by atoms with Gasteiger partial charge >= 0.3 is 5.97 Å². The van der Waals surface area contributed by atoms with Crippen LogP contribution >= 0.6 is 0 Å². The molecular weight excluding hydrogens is 134 g/mol. The molecule has 0 radical (unpaired) electrons. The molecule has 0 aliphatic heterocycles. The normalized spacial score (nSPS) is 38.8. The number of rotatable bonds is 2. The van der Waals surface area contributed by atoms with E-state index in [2.05, 4.69) is 0 Å². The van der Waals surface area contributed by atoms with E-state index >= 15 is 0 Å². The van der Waals surface area contributed by atoms with Crippen LogP contribution in [0.3, 0.4) is 0 Å². The lowest BCUT2D eigenvalue weighted by atomic mass is 9.76. The maximum atomic E-state index is 10.5. The Hall–Kier alpha value is -0.610. The molecular formula is C6H11NO3. The van der Waals surface area contributed by atoms with Crippen molar-refractivity contribution in [3.8, 4) is 0 Å². The highest BCUT2D eigenvalue weighted by molar-refractivity contribution is 5.79. The number of hydrogen-bond donors (Lipinski definition) is 2. The summed E-state index contributed by atoms with van der Waals surface area (Å²) in [6.07, 6.45) is 0.859. The Bertz CT molecular complexity index is 151. The Morgan fingerprint density at radius 1 is 1.80 bits per heavy atom. The Morgan fingerprint density at radius 3 is 2.40 bits per heavy atom. The fourth-order valence-corrected chi connectivity index (χ4v) is 1.22. The van der Waals surface area contributed by atoms with Crippen LogP contribution in [0, 0.1) is 0 Å². The number of carbonyl (C=O) groups is 1. The van der Waals surface area contributed by atoms with Gasteiger partial charge in [-0.2, -0.15) is 0 Å². The second kappa shape index (κ2) is 2.21. The summed E-state index contributed by atoms with van der Waals surface area (Å²) in [6, 6.07) is -0.00366. The first-order valence-electron chi connectivity index (χ1n) is 3.15. The predicted molar refractivity (Wildman–Crippen MR) is 34.6 cm³/mol. The SMILES string of the molecule is COC1(C(=O)O)CC(N)C1. The van der Waals surface area contributed by atoms with E-state index in [0.717, 1.165) is 0 Å². The lowest BCUT2D eigenvalue weighted by molar-refractivity contribution is -0.175. The van der Waals surface area contributed by atoms with Gasteiger partial charge in [0.2, 0.25) is 0 Å². The molecule has 4 nitrogen and oxygen atoms in total. The molecule has 0 heterocycles. The highest BCUT2D eigenvalue weighted by Gasteiger charge is 2.49. The number of hydrogen-bond acceptors (Lipinski definition) is 3. The predicted octanol–water partition coefficient (Wildman–Crippen LogP) is -0.423. The van der Waals surface area contributed by atoms with Crippen molar-refractivity contribution in [1.82, 2.24) is 0 Å². The van der Waals surface area contributed by atoms with Crippen LogP contribution in [0.4, 0.5) is 0 Å². The number of carboxylic acid groups (broad SMARTS) is 1. The highest BCUT2D eigenvalue weighted by atomic mass is 16.5. The number of nitrogens with two attached hydrogens (primary N) is 1. The fraction of sp³-hybridized carbons (Fsp3) is 0.833. The molecule has 0 atom stereocenters. The molecule has 0 bridgehead atoms. The molecule has 0 saturated heterocycles. The largest absolute Gasteiger partial charge is 0.479 e. The first-order valence-corrected chi connectivity index (χ1v) is 3.15. The van der Waals surface area contributed by atoms with Crippen molar-refractivity contribution in [1.29, 1.82) is 0 Å². The minimum atomic E-state index is -0.973. The Kier molecular flexibility index (Phi) is 1.66. The lowest BCUT2D eigenvalue weighted by Gasteiger charge is -2.40. The van der Waals surface area contributed by atoms with Gasteiger partial charge in [0.15, 0.2) is 5.60 Å². The average molecular weight is 145 g/mol. The van der Waals surface area contributed by atoms with Crippen molar-refractivity contribution in [2.75, 3.05) is 7.11 Å². The lowest BCUT2D eigenvalue weighted by Crippen LogP contribution is -2.57. The summed E-state index contributed by atoms with van der Waals surface area (Å²) in [6.45, 7) is 0. The molecule has 0 aromatic rings. The zero-order chi connectivity index (χ0) is 7.78. The summed E-state index contributed by atoms with van der Waals surface area (Å²) < 4.78 is 4.83. The van der Waals surface area contributed by atoms with Gasteiger partial charge in [-0.25, -0.2) is 4.79 Å². The topological polar surface area (TPSA) is 72.5 Å². The molecule has 0 amide bonds. The zero-order valence-electron chi connectivity index (χ0n) is 5.83. The van der Waals surface area contributed by atoms with Gasteiger partial charge in [0.1, 0.15) is 0 Å². The summed E-state index contributed by atoms with van der Waals surface area (Å²) in [5.41, 5.74) is 4.45. The van der Waals surface area contributed by atoms with E-state index in [1.54, 1.807) is 0 Å². The van der Waals surface area contributed by atoms with Gasteiger partial charge in [-0.3, -0.25) is 0 Å². The maximum Gasteiger partial charge on any atom is 0.336 e. The van der Waals surface area contributed by atoms with Crippen LogP contribution in [0.2, 0.25) is 0 Å². The second-order valence-corrected chi connectivity index (χ2v) is 2.67. The molecule has 58 valence electrons. The van der Waals surface area contributed by atoms with Crippen molar-refractivity contribution in [2.24, 2.45) is 5.73 Å². The zero-order valence-corrected chi connectivity index (χ0v) is 5.83. The molecule has 1 rings (SSSR count). The van der Waals surface area contributed by atoms with Gasteiger partial charge in [0.25, 0.3) is 0 Å². The Labute approximate surface area is 59.0 Å². The summed E-state index contributed by atoms with van der Waals surface area (Å²) in [7, 11) is 1.40. The number of aliphatic carboxylic acids is 1. The minimum absolute atomic E-state index is 0.00366. The van der Waals surface area contributed by atoms with E-state index in [1.807, 2.05) is 0 Å². The first-order chi connectivity index (χ1) is 4.60. The van der Waals surface area contributed by atoms with Crippen LogP contribution in [0.5, 0.6) is 0 Å². The van der Waals surface area contributed by atoms with Gasteiger partial charge in [-0.1, -0.05) is 0 Å². The second-order valence-electron chi connectivity index (χ2n) is 2.67. The summed E-state index contributed by atoms with van der Waals surface area (Å²) >= 11 is 0. The average Bonchev–Trinajstić information content (AvgIpc) is 1.79.